The minimum Gasteiger partial charge on any atom is -0.511 e. The monoisotopic (exact) mass is 225 g/mol. The van der Waals surface area contributed by atoms with Gasteiger partial charge in [-0.15, -0.1) is 0 Å². The first-order valence-corrected chi connectivity index (χ1v) is 5.68. The number of hydrogen-bond acceptors (Lipinski definition) is 3. The molecule has 1 fully saturated rings. The second-order valence-corrected chi connectivity index (χ2v) is 4.62. The van der Waals surface area contributed by atoms with Gasteiger partial charge >= 0.3 is 0 Å². The van der Waals surface area contributed by atoms with Gasteiger partial charge in [-0.05, 0) is 5.92 Å². The highest BCUT2D eigenvalue weighted by Gasteiger charge is 2.40. The quantitative estimate of drug-likeness (QED) is 0.435. The van der Waals surface area contributed by atoms with Gasteiger partial charge in [0.25, 0.3) is 5.91 Å². The molecule has 1 aliphatic heterocycles. The van der Waals surface area contributed by atoms with Crippen molar-refractivity contribution in [3.63, 3.8) is 0 Å². The summed E-state index contributed by atoms with van der Waals surface area (Å²) in [4.78, 5) is 23.6. The van der Waals surface area contributed by atoms with E-state index in [1.165, 1.54) is 0 Å². The molecular weight excluding hydrogens is 206 g/mol. The van der Waals surface area contributed by atoms with Crippen LogP contribution in [0.4, 0.5) is 0 Å². The van der Waals surface area contributed by atoms with Crippen molar-refractivity contribution >= 4 is 11.7 Å². The first-order valence-electron chi connectivity index (χ1n) is 5.68. The third kappa shape index (κ3) is 2.10. The molecule has 0 aromatic carbocycles. The fraction of sp³-hybridized carbons (Fsp3) is 0.667. The Morgan fingerprint density at radius 2 is 1.94 bits per heavy atom. The minimum absolute atomic E-state index is 0.0553. The summed E-state index contributed by atoms with van der Waals surface area (Å²) in [6.07, 6.45) is 0.812. The molecule has 0 spiro atoms. The van der Waals surface area contributed by atoms with Crippen LogP contribution < -0.4 is 5.32 Å². The molecule has 0 aliphatic carbocycles. The third-order valence-corrected chi connectivity index (χ3v) is 3.06. The van der Waals surface area contributed by atoms with Crippen LogP contribution in [0.15, 0.2) is 11.3 Å². The zero-order valence-corrected chi connectivity index (χ0v) is 10.2. The lowest BCUT2D eigenvalue weighted by Gasteiger charge is -2.14. The summed E-state index contributed by atoms with van der Waals surface area (Å²) in [6, 6.07) is -0.478. The van der Waals surface area contributed by atoms with Gasteiger partial charge in [-0.2, -0.15) is 0 Å². The average Bonchev–Trinajstić information content (AvgIpc) is 2.52. The second kappa shape index (κ2) is 4.68. The predicted molar refractivity (Wildman–Crippen MR) is 60.9 cm³/mol. The van der Waals surface area contributed by atoms with Crippen LogP contribution in [-0.2, 0) is 9.59 Å². The third-order valence-electron chi connectivity index (χ3n) is 3.06. The lowest BCUT2D eigenvalue weighted by Crippen LogP contribution is -2.35. The van der Waals surface area contributed by atoms with Crippen molar-refractivity contribution in [3.05, 3.63) is 11.3 Å². The Kier molecular flexibility index (Phi) is 3.73. The molecule has 90 valence electrons. The van der Waals surface area contributed by atoms with Crippen molar-refractivity contribution in [2.45, 2.75) is 40.2 Å². The maximum absolute atomic E-state index is 12.0. The van der Waals surface area contributed by atoms with Gasteiger partial charge in [0.15, 0.2) is 5.78 Å². The van der Waals surface area contributed by atoms with E-state index in [0.29, 0.717) is 0 Å². The number of Topliss-reactive ketones (excluding diaryl/α,β-unsaturated/α-hetero) is 1. The fourth-order valence-electron chi connectivity index (χ4n) is 1.71. The highest BCUT2D eigenvalue weighted by Crippen LogP contribution is 2.23. The number of amides is 1. The minimum atomic E-state index is -0.478. The van der Waals surface area contributed by atoms with Crippen LogP contribution in [0.1, 0.15) is 34.1 Å². The molecule has 1 saturated heterocycles. The number of carbonyl (C=O) groups is 2. The van der Waals surface area contributed by atoms with Crippen molar-refractivity contribution in [1.82, 2.24) is 5.32 Å². The van der Waals surface area contributed by atoms with E-state index in [0.717, 1.165) is 6.42 Å². The van der Waals surface area contributed by atoms with E-state index in [1.807, 2.05) is 13.8 Å². The Labute approximate surface area is 95.7 Å². The van der Waals surface area contributed by atoms with Crippen LogP contribution in [0.3, 0.4) is 0 Å². The number of aliphatic hydroxyl groups is 1. The van der Waals surface area contributed by atoms with Gasteiger partial charge in [-0.1, -0.05) is 34.1 Å². The van der Waals surface area contributed by atoms with Gasteiger partial charge in [0.05, 0.1) is 6.04 Å². The molecule has 16 heavy (non-hydrogen) atoms. The molecule has 1 aliphatic rings. The summed E-state index contributed by atoms with van der Waals surface area (Å²) < 4.78 is 0. The molecule has 0 radical (unpaired) electrons. The smallest absolute Gasteiger partial charge is 0.259 e. The zero-order valence-electron chi connectivity index (χ0n) is 10.2. The number of allylic oxidation sites excluding steroid dienone is 1. The second-order valence-electron chi connectivity index (χ2n) is 4.62. The lowest BCUT2D eigenvalue weighted by molar-refractivity contribution is -0.117. The molecule has 4 nitrogen and oxygen atoms in total. The summed E-state index contributed by atoms with van der Waals surface area (Å²) >= 11 is 0. The Morgan fingerprint density at radius 3 is 2.38 bits per heavy atom. The summed E-state index contributed by atoms with van der Waals surface area (Å²) in [5.41, 5.74) is -0.0553. The van der Waals surface area contributed by atoms with Crippen molar-refractivity contribution in [3.8, 4) is 0 Å². The molecule has 0 aromatic rings. The molecule has 1 rings (SSSR count). The fourth-order valence-corrected chi connectivity index (χ4v) is 1.71. The van der Waals surface area contributed by atoms with E-state index < -0.39 is 11.9 Å². The van der Waals surface area contributed by atoms with E-state index in [-0.39, 0.29) is 29.0 Å². The van der Waals surface area contributed by atoms with E-state index in [2.05, 4.69) is 5.32 Å². The first kappa shape index (κ1) is 12.7. The Morgan fingerprint density at radius 1 is 1.38 bits per heavy atom. The van der Waals surface area contributed by atoms with Crippen molar-refractivity contribution in [2.75, 3.05) is 0 Å². The van der Waals surface area contributed by atoms with Crippen LogP contribution >= 0.6 is 0 Å². The number of carbonyl (C=O) groups excluding carboxylic acids is 2. The van der Waals surface area contributed by atoms with Crippen LogP contribution in [0, 0.1) is 11.8 Å². The number of rotatable bonds is 3. The van der Waals surface area contributed by atoms with E-state index in [4.69, 9.17) is 0 Å². The molecule has 4 heteroatoms. The lowest BCUT2D eigenvalue weighted by atomic mass is 9.94. The molecule has 1 amide bonds. The van der Waals surface area contributed by atoms with Crippen molar-refractivity contribution in [2.24, 2.45) is 11.8 Å². The van der Waals surface area contributed by atoms with Gasteiger partial charge in [0.2, 0.25) is 0 Å². The number of nitrogens with one attached hydrogen (secondary N) is 1. The van der Waals surface area contributed by atoms with Gasteiger partial charge in [0.1, 0.15) is 11.3 Å². The first-order chi connectivity index (χ1) is 7.40. The topological polar surface area (TPSA) is 66.4 Å². The molecular formula is C12H19NO3. The number of ketones is 1. The molecule has 0 aromatic heterocycles. The molecule has 2 atom stereocenters. The molecule has 1 heterocycles. The van der Waals surface area contributed by atoms with Crippen molar-refractivity contribution in [1.29, 1.82) is 0 Å². The summed E-state index contributed by atoms with van der Waals surface area (Å²) in [7, 11) is 0. The maximum Gasteiger partial charge on any atom is 0.259 e. The SMILES string of the molecule is CC[C@H](C)[C@@H]1NC(=O)/C(=C(\O)C(C)C)C1=O. The van der Waals surface area contributed by atoms with Crippen molar-refractivity contribution < 1.29 is 14.7 Å². The largest absolute Gasteiger partial charge is 0.511 e. The van der Waals surface area contributed by atoms with Gasteiger partial charge in [-0.3, -0.25) is 9.59 Å². The van der Waals surface area contributed by atoms with E-state index in [9.17, 15) is 14.7 Å². The zero-order chi connectivity index (χ0) is 12.5. The summed E-state index contributed by atoms with van der Waals surface area (Å²) in [5.74, 6) is -0.936. The Hall–Kier alpha value is -1.32. The van der Waals surface area contributed by atoms with Gasteiger partial charge in [0, 0.05) is 5.92 Å². The Balaban J connectivity index is 3.05. The Bertz CT molecular complexity index is 344. The van der Waals surface area contributed by atoms with Gasteiger partial charge in [-0.25, -0.2) is 0 Å². The molecule has 0 saturated carbocycles. The maximum atomic E-state index is 12.0. The van der Waals surface area contributed by atoms with E-state index >= 15 is 0 Å². The van der Waals surface area contributed by atoms with Crippen LogP contribution in [0.2, 0.25) is 0 Å². The summed E-state index contributed by atoms with van der Waals surface area (Å²) in [6.45, 7) is 7.38. The van der Waals surface area contributed by atoms with Gasteiger partial charge < -0.3 is 10.4 Å². The van der Waals surface area contributed by atoms with Crippen LogP contribution in [-0.4, -0.2) is 22.8 Å². The average molecular weight is 225 g/mol. The predicted octanol–water partition coefficient (Wildman–Crippen LogP) is 1.57. The van der Waals surface area contributed by atoms with Crippen LogP contribution in [0.25, 0.3) is 0 Å². The highest BCUT2D eigenvalue weighted by molar-refractivity contribution is 6.27. The molecule has 0 unspecified atom stereocenters. The highest BCUT2D eigenvalue weighted by atomic mass is 16.3. The normalized spacial score (nSPS) is 25.9. The molecule has 0 bridgehead atoms. The summed E-state index contributed by atoms with van der Waals surface area (Å²) in [5, 5.41) is 12.4. The van der Waals surface area contributed by atoms with E-state index in [1.54, 1.807) is 13.8 Å². The number of hydrogen-bond donors (Lipinski definition) is 2. The molecule has 2 N–H and O–H groups in total. The number of aliphatic hydroxyl groups excluding tert-OH is 1. The standard InChI is InChI=1S/C12H19NO3/c1-5-7(4)9-11(15)8(12(16)13-9)10(14)6(2)3/h6-7,9,14H,5H2,1-4H3,(H,13,16)/b10-8-/t7-,9-/m0/s1. The van der Waals surface area contributed by atoms with Crippen LogP contribution in [0.5, 0.6) is 0 Å².